The van der Waals surface area contributed by atoms with Crippen LogP contribution in [-0.4, -0.2) is 40.0 Å². The van der Waals surface area contributed by atoms with Crippen molar-refractivity contribution in [1.29, 1.82) is 0 Å². The molecule has 0 aliphatic carbocycles. The lowest BCUT2D eigenvalue weighted by atomic mass is 9.96. The van der Waals surface area contributed by atoms with Gasteiger partial charge in [0.25, 0.3) is 0 Å². The second-order valence-electron chi connectivity index (χ2n) is 8.03. The van der Waals surface area contributed by atoms with Crippen molar-refractivity contribution in [1.82, 2.24) is 14.5 Å². The van der Waals surface area contributed by atoms with Crippen molar-refractivity contribution >= 4 is 22.6 Å². The molecular formula is C23H28N4O. The summed E-state index contributed by atoms with van der Waals surface area (Å²) in [5.41, 5.74) is 5.50. The molecule has 4 rings (SSSR count). The van der Waals surface area contributed by atoms with Crippen LogP contribution in [-0.2, 0) is 11.3 Å². The Hall–Kier alpha value is -2.66. The average Bonchev–Trinajstić information content (AvgIpc) is 3.05. The van der Waals surface area contributed by atoms with Crippen LogP contribution in [0.3, 0.4) is 0 Å². The molecule has 1 saturated heterocycles. The summed E-state index contributed by atoms with van der Waals surface area (Å²) in [6.07, 6.45) is 4.18. The Bertz CT molecular complexity index is 949. The van der Waals surface area contributed by atoms with Crippen LogP contribution in [0.15, 0.2) is 48.8 Å². The number of benzene rings is 2. The molecule has 28 heavy (non-hydrogen) atoms. The molecular weight excluding hydrogens is 348 g/mol. The fourth-order valence-electron chi connectivity index (χ4n) is 4.21. The van der Waals surface area contributed by atoms with Gasteiger partial charge in [-0.15, -0.1) is 0 Å². The minimum atomic E-state index is 0.0732. The van der Waals surface area contributed by atoms with Gasteiger partial charge in [0.15, 0.2) is 0 Å². The van der Waals surface area contributed by atoms with Crippen LogP contribution in [0.1, 0.15) is 24.0 Å². The minimum Gasteiger partial charge on any atom is -0.330 e. The number of hydrogen-bond donors (Lipinski definition) is 1. The normalized spacial score (nSPS) is 15.8. The molecule has 5 heteroatoms. The number of amides is 1. The first kappa shape index (κ1) is 18.7. The van der Waals surface area contributed by atoms with E-state index < -0.39 is 0 Å². The van der Waals surface area contributed by atoms with Crippen LogP contribution in [0.5, 0.6) is 0 Å². The number of aryl methyl sites for hydroxylation is 2. The monoisotopic (exact) mass is 376 g/mol. The van der Waals surface area contributed by atoms with Gasteiger partial charge in [0.05, 0.1) is 23.9 Å². The molecule has 0 saturated carbocycles. The Morgan fingerprint density at radius 3 is 2.57 bits per heavy atom. The first-order chi connectivity index (χ1) is 13.6. The van der Waals surface area contributed by atoms with E-state index in [1.807, 2.05) is 24.5 Å². The highest BCUT2D eigenvalue weighted by Gasteiger charge is 2.21. The van der Waals surface area contributed by atoms with E-state index in [9.17, 15) is 4.79 Å². The van der Waals surface area contributed by atoms with E-state index in [-0.39, 0.29) is 5.91 Å². The first-order valence-corrected chi connectivity index (χ1v) is 10.1. The second-order valence-corrected chi connectivity index (χ2v) is 8.03. The molecule has 0 spiro atoms. The summed E-state index contributed by atoms with van der Waals surface area (Å²) in [5.74, 6) is 0.709. The molecule has 1 aromatic heterocycles. The summed E-state index contributed by atoms with van der Waals surface area (Å²) < 4.78 is 2.27. The zero-order valence-corrected chi connectivity index (χ0v) is 16.7. The van der Waals surface area contributed by atoms with Gasteiger partial charge in [0, 0.05) is 12.2 Å². The molecule has 2 aromatic carbocycles. The van der Waals surface area contributed by atoms with Crippen molar-refractivity contribution in [3.63, 3.8) is 0 Å². The van der Waals surface area contributed by atoms with Crippen LogP contribution in [0.4, 0.5) is 5.69 Å². The van der Waals surface area contributed by atoms with E-state index in [1.54, 1.807) is 0 Å². The van der Waals surface area contributed by atoms with E-state index >= 15 is 0 Å². The number of para-hydroxylation sites is 2. The van der Waals surface area contributed by atoms with Gasteiger partial charge in [-0.3, -0.25) is 9.69 Å². The van der Waals surface area contributed by atoms with Gasteiger partial charge in [-0.1, -0.05) is 18.2 Å². The van der Waals surface area contributed by atoms with Crippen LogP contribution < -0.4 is 5.32 Å². The molecule has 0 unspecified atom stereocenters. The third-order valence-electron chi connectivity index (χ3n) is 5.56. The SMILES string of the molecule is Cc1cc(C)cc(NC(=O)CN2CCC(Cn3cnc4ccccc43)CC2)c1. The zero-order valence-electron chi connectivity index (χ0n) is 16.7. The number of nitrogens with one attached hydrogen (secondary N) is 1. The number of piperidine rings is 1. The molecule has 146 valence electrons. The first-order valence-electron chi connectivity index (χ1n) is 10.1. The van der Waals surface area contributed by atoms with Crippen LogP contribution in [0, 0.1) is 19.8 Å². The minimum absolute atomic E-state index is 0.0732. The molecule has 0 atom stereocenters. The smallest absolute Gasteiger partial charge is 0.238 e. The topological polar surface area (TPSA) is 50.2 Å². The highest BCUT2D eigenvalue weighted by molar-refractivity contribution is 5.92. The highest BCUT2D eigenvalue weighted by Crippen LogP contribution is 2.22. The number of nitrogens with zero attached hydrogens (tertiary/aromatic N) is 3. The molecule has 3 aromatic rings. The Labute approximate surface area is 166 Å². The van der Waals surface area contributed by atoms with Crippen LogP contribution in [0.2, 0.25) is 0 Å². The Morgan fingerprint density at radius 2 is 1.82 bits per heavy atom. The third kappa shape index (κ3) is 4.42. The van der Waals surface area contributed by atoms with Crippen molar-refractivity contribution in [2.45, 2.75) is 33.2 Å². The van der Waals surface area contributed by atoms with Crippen molar-refractivity contribution in [3.05, 3.63) is 59.9 Å². The fraction of sp³-hybridized carbons (Fsp3) is 0.391. The Balaban J connectivity index is 1.27. The van der Waals surface area contributed by atoms with Gasteiger partial charge in [-0.25, -0.2) is 4.98 Å². The zero-order chi connectivity index (χ0) is 19.5. The number of rotatable bonds is 5. The third-order valence-corrected chi connectivity index (χ3v) is 5.56. The fourth-order valence-corrected chi connectivity index (χ4v) is 4.21. The number of likely N-dealkylation sites (tertiary alicyclic amines) is 1. The highest BCUT2D eigenvalue weighted by atomic mass is 16.2. The molecule has 1 amide bonds. The Kier molecular flexibility index (Phi) is 5.44. The number of imidazole rings is 1. The standard InChI is InChI=1S/C23H28N4O/c1-17-11-18(2)13-20(12-17)25-23(28)15-26-9-7-19(8-10-26)14-27-16-24-21-5-3-4-6-22(21)27/h3-6,11-13,16,19H,7-10,14-15H2,1-2H3,(H,25,28). The molecule has 1 N–H and O–H groups in total. The number of fused-ring (bicyclic) bond motifs is 1. The second kappa shape index (κ2) is 8.15. The predicted octanol–water partition coefficient (Wildman–Crippen LogP) is 4.00. The summed E-state index contributed by atoms with van der Waals surface area (Å²) >= 11 is 0. The van der Waals surface area contributed by atoms with Gasteiger partial charge in [-0.2, -0.15) is 0 Å². The predicted molar refractivity (Wildman–Crippen MR) is 113 cm³/mol. The van der Waals surface area contributed by atoms with E-state index in [2.05, 4.69) is 57.9 Å². The van der Waals surface area contributed by atoms with Gasteiger partial charge < -0.3 is 9.88 Å². The molecule has 2 heterocycles. The molecule has 0 bridgehead atoms. The number of carbonyl (C=O) groups excluding carboxylic acids is 1. The summed E-state index contributed by atoms with van der Waals surface area (Å²) in [6, 6.07) is 14.4. The lowest BCUT2D eigenvalue weighted by Crippen LogP contribution is -2.39. The number of aromatic nitrogens is 2. The van der Waals surface area contributed by atoms with Crippen molar-refractivity contribution in [3.8, 4) is 0 Å². The quantitative estimate of drug-likeness (QED) is 0.732. The maximum Gasteiger partial charge on any atom is 0.238 e. The van der Waals surface area contributed by atoms with Crippen molar-refractivity contribution in [2.24, 2.45) is 5.92 Å². The van der Waals surface area contributed by atoms with Crippen LogP contribution >= 0.6 is 0 Å². The molecule has 1 aliphatic heterocycles. The van der Waals surface area contributed by atoms with Gasteiger partial charge in [-0.05, 0) is 81.1 Å². The van der Waals surface area contributed by atoms with Crippen molar-refractivity contribution < 1.29 is 4.79 Å². The van der Waals surface area contributed by atoms with E-state index in [4.69, 9.17) is 0 Å². The van der Waals surface area contributed by atoms with E-state index in [1.165, 1.54) is 16.6 Å². The number of hydrogen-bond acceptors (Lipinski definition) is 3. The Morgan fingerprint density at radius 1 is 1.11 bits per heavy atom. The average molecular weight is 377 g/mol. The summed E-state index contributed by atoms with van der Waals surface area (Å²) in [6.45, 7) is 7.51. The molecule has 1 aliphatic rings. The lowest BCUT2D eigenvalue weighted by molar-refractivity contribution is -0.117. The lowest BCUT2D eigenvalue weighted by Gasteiger charge is -2.31. The molecule has 0 radical (unpaired) electrons. The van der Waals surface area contributed by atoms with Crippen LogP contribution in [0.25, 0.3) is 11.0 Å². The molecule has 1 fully saturated rings. The summed E-state index contributed by atoms with van der Waals surface area (Å²) in [5, 5.41) is 3.05. The van der Waals surface area contributed by atoms with Gasteiger partial charge in [0.2, 0.25) is 5.91 Å². The number of carbonyl (C=O) groups is 1. The van der Waals surface area contributed by atoms with E-state index in [0.29, 0.717) is 12.5 Å². The summed E-state index contributed by atoms with van der Waals surface area (Å²) in [4.78, 5) is 19.2. The summed E-state index contributed by atoms with van der Waals surface area (Å²) in [7, 11) is 0. The largest absolute Gasteiger partial charge is 0.330 e. The number of anilines is 1. The maximum absolute atomic E-state index is 12.4. The maximum atomic E-state index is 12.4. The molecule has 5 nitrogen and oxygen atoms in total. The van der Waals surface area contributed by atoms with Crippen molar-refractivity contribution in [2.75, 3.05) is 25.0 Å². The van der Waals surface area contributed by atoms with E-state index in [0.717, 1.165) is 43.7 Å². The van der Waals surface area contributed by atoms with Gasteiger partial charge in [0.1, 0.15) is 0 Å². The van der Waals surface area contributed by atoms with Gasteiger partial charge >= 0.3 is 0 Å².